The number of benzene rings is 2. The average Bonchev–Trinajstić information content (AvgIpc) is 2.53. The van der Waals surface area contributed by atoms with Crippen LogP contribution in [0.25, 0.3) is 0 Å². The van der Waals surface area contributed by atoms with Gasteiger partial charge in [0.1, 0.15) is 5.75 Å². The minimum absolute atomic E-state index is 0. The number of anilines is 1. The second-order valence-electron chi connectivity index (χ2n) is 4.90. The summed E-state index contributed by atoms with van der Waals surface area (Å²) >= 11 is 0. The number of alkyl halides is 5. The van der Waals surface area contributed by atoms with Crippen LogP contribution in [0.1, 0.15) is 5.56 Å². The maximum atomic E-state index is 12.4. The SMILES string of the molecule is I.NC(=NCc1cccc(OC(F)F)c1)Nc1ccccc1OC(F)(F)F. The van der Waals surface area contributed by atoms with Crippen molar-refractivity contribution in [2.45, 2.75) is 19.5 Å². The van der Waals surface area contributed by atoms with Crippen LogP contribution in [-0.4, -0.2) is 18.9 Å². The molecule has 2 rings (SSSR count). The predicted octanol–water partition coefficient (Wildman–Crippen LogP) is 4.73. The molecular weight excluding hydrogens is 488 g/mol. The third kappa shape index (κ3) is 8.28. The number of para-hydroxylation sites is 2. The van der Waals surface area contributed by atoms with Crippen LogP contribution < -0.4 is 20.5 Å². The van der Waals surface area contributed by atoms with Gasteiger partial charge in [-0.2, -0.15) is 8.78 Å². The van der Waals surface area contributed by atoms with E-state index in [4.69, 9.17) is 5.73 Å². The number of nitrogens with zero attached hydrogens (tertiary/aromatic N) is 1. The van der Waals surface area contributed by atoms with Crippen LogP contribution in [0.5, 0.6) is 11.5 Å². The lowest BCUT2D eigenvalue weighted by Gasteiger charge is -2.14. The van der Waals surface area contributed by atoms with Gasteiger partial charge in [0, 0.05) is 0 Å². The first-order valence-electron chi connectivity index (χ1n) is 7.18. The molecule has 0 aliphatic carbocycles. The predicted molar refractivity (Wildman–Crippen MR) is 101 cm³/mol. The fourth-order valence-electron chi connectivity index (χ4n) is 1.96. The van der Waals surface area contributed by atoms with Crippen LogP contribution in [0.15, 0.2) is 53.5 Å². The lowest BCUT2D eigenvalue weighted by Crippen LogP contribution is -2.24. The fraction of sp³-hybridized carbons (Fsp3) is 0.188. The number of rotatable bonds is 6. The quantitative estimate of drug-likeness (QED) is 0.259. The van der Waals surface area contributed by atoms with Crippen LogP contribution in [0, 0.1) is 0 Å². The Hall–Kier alpha value is -2.31. The number of guanidine groups is 1. The van der Waals surface area contributed by atoms with E-state index >= 15 is 0 Å². The highest BCUT2D eigenvalue weighted by Gasteiger charge is 2.32. The molecule has 0 heterocycles. The van der Waals surface area contributed by atoms with Crippen molar-refractivity contribution in [1.82, 2.24) is 0 Å². The van der Waals surface area contributed by atoms with Crippen molar-refractivity contribution in [2.24, 2.45) is 10.7 Å². The van der Waals surface area contributed by atoms with Gasteiger partial charge in [-0.1, -0.05) is 24.3 Å². The summed E-state index contributed by atoms with van der Waals surface area (Å²) in [6, 6.07) is 11.1. The van der Waals surface area contributed by atoms with Gasteiger partial charge in [0.25, 0.3) is 0 Å². The van der Waals surface area contributed by atoms with Crippen LogP contribution >= 0.6 is 24.0 Å². The van der Waals surface area contributed by atoms with E-state index in [9.17, 15) is 22.0 Å². The largest absolute Gasteiger partial charge is 0.573 e. The first-order valence-corrected chi connectivity index (χ1v) is 7.18. The first kappa shape index (κ1) is 22.7. The Bertz CT molecular complexity index is 772. The zero-order chi connectivity index (χ0) is 19.2. The van der Waals surface area contributed by atoms with Gasteiger partial charge in [0.15, 0.2) is 11.7 Å². The molecule has 0 aromatic heterocycles. The molecular formula is C16H15F5IN3O2. The van der Waals surface area contributed by atoms with E-state index in [1.165, 1.54) is 36.4 Å². The number of ether oxygens (including phenoxy) is 2. The maximum absolute atomic E-state index is 12.4. The van der Waals surface area contributed by atoms with Gasteiger partial charge in [-0.3, -0.25) is 0 Å². The monoisotopic (exact) mass is 503 g/mol. The number of nitrogens with one attached hydrogen (secondary N) is 1. The second-order valence-corrected chi connectivity index (χ2v) is 4.90. The van der Waals surface area contributed by atoms with Crippen molar-refractivity contribution < 1.29 is 31.4 Å². The summed E-state index contributed by atoms with van der Waals surface area (Å²) in [5.41, 5.74) is 6.15. The van der Waals surface area contributed by atoms with Crippen molar-refractivity contribution in [3.8, 4) is 11.5 Å². The minimum Gasteiger partial charge on any atom is -0.435 e. The molecule has 0 fully saturated rings. The standard InChI is InChI=1S/C16H14F5N3O2.HI/c17-14(18)25-11-5-3-4-10(8-11)9-23-15(22)24-12-6-1-2-7-13(12)26-16(19,20)21;/h1-8,14H,9H2,(H3,22,23,24);1H. The summed E-state index contributed by atoms with van der Waals surface area (Å²) in [6.07, 6.45) is -4.85. The Morgan fingerprint density at radius 3 is 2.48 bits per heavy atom. The summed E-state index contributed by atoms with van der Waals surface area (Å²) in [7, 11) is 0. The van der Waals surface area contributed by atoms with Crippen LogP contribution in [0.3, 0.4) is 0 Å². The fourth-order valence-corrected chi connectivity index (χ4v) is 1.96. The Morgan fingerprint density at radius 2 is 1.81 bits per heavy atom. The molecule has 3 N–H and O–H groups in total. The molecule has 2 aromatic rings. The summed E-state index contributed by atoms with van der Waals surface area (Å²) < 4.78 is 69.7. The zero-order valence-electron chi connectivity index (χ0n) is 13.5. The van der Waals surface area contributed by atoms with Gasteiger partial charge in [0.05, 0.1) is 12.2 Å². The van der Waals surface area contributed by atoms with Gasteiger partial charge in [-0.05, 0) is 29.8 Å². The number of hydrogen-bond acceptors (Lipinski definition) is 3. The molecule has 0 amide bonds. The average molecular weight is 503 g/mol. The summed E-state index contributed by atoms with van der Waals surface area (Å²) in [5.74, 6) is -0.683. The van der Waals surface area contributed by atoms with E-state index in [0.29, 0.717) is 5.56 Å². The van der Waals surface area contributed by atoms with Gasteiger partial charge < -0.3 is 20.5 Å². The van der Waals surface area contributed by atoms with E-state index in [0.717, 1.165) is 6.07 Å². The normalized spacial score (nSPS) is 11.7. The second kappa shape index (κ2) is 10.1. The molecule has 0 atom stereocenters. The van der Waals surface area contributed by atoms with Crippen LogP contribution in [-0.2, 0) is 6.54 Å². The lowest BCUT2D eigenvalue weighted by molar-refractivity contribution is -0.274. The lowest BCUT2D eigenvalue weighted by atomic mass is 10.2. The first-order chi connectivity index (χ1) is 12.2. The highest BCUT2D eigenvalue weighted by molar-refractivity contribution is 14.0. The molecule has 11 heteroatoms. The molecule has 0 radical (unpaired) electrons. The Kier molecular flexibility index (Phi) is 8.53. The number of nitrogens with two attached hydrogens (primary N) is 1. The number of hydrogen-bond donors (Lipinski definition) is 2. The highest BCUT2D eigenvalue weighted by Crippen LogP contribution is 2.29. The van der Waals surface area contributed by atoms with Crippen LogP contribution in [0.2, 0.25) is 0 Å². The Labute approximate surface area is 168 Å². The van der Waals surface area contributed by atoms with Crippen molar-refractivity contribution >= 4 is 35.6 Å². The molecule has 0 bridgehead atoms. The van der Waals surface area contributed by atoms with E-state index in [2.05, 4.69) is 19.8 Å². The molecule has 0 saturated heterocycles. The van der Waals surface area contributed by atoms with Gasteiger partial charge in [0.2, 0.25) is 0 Å². The van der Waals surface area contributed by atoms with Crippen molar-refractivity contribution in [2.75, 3.05) is 5.32 Å². The van der Waals surface area contributed by atoms with E-state index in [-0.39, 0.29) is 47.9 Å². The third-order valence-corrected chi connectivity index (χ3v) is 2.93. The minimum atomic E-state index is -4.85. The van der Waals surface area contributed by atoms with Crippen LogP contribution in [0.4, 0.5) is 27.6 Å². The van der Waals surface area contributed by atoms with Gasteiger partial charge in [-0.15, -0.1) is 37.1 Å². The smallest absolute Gasteiger partial charge is 0.435 e. The highest BCUT2D eigenvalue weighted by atomic mass is 127. The topological polar surface area (TPSA) is 68.9 Å². The number of halogens is 6. The molecule has 2 aromatic carbocycles. The molecule has 0 aliphatic rings. The van der Waals surface area contributed by atoms with Crippen molar-refractivity contribution in [1.29, 1.82) is 0 Å². The molecule has 148 valence electrons. The van der Waals surface area contributed by atoms with E-state index < -0.39 is 18.7 Å². The van der Waals surface area contributed by atoms with Gasteiger partial charge in [-0.25, -0.2) is 4.99 Å². The zero-order valence-corrected chi connectivity index (χ0v) is 15.9. The number of aliphatic imine (C=N–C) groups is 1. The molecule has 0 aliphatic heterocycles. The summed E-state index contributed by atoms with van der Waals surface area (Å²) in [4.78, 5) is 3.95. The summed E-state index contributed by atoms with van der Waals surface area (Å²) in [6.45, 7) is -2.95. The third-order valence-electron chi connectivity index (χ3n) is 2.93. The van der Waals surface area contributed by atoms with Crippen molar-refractivity contribution in [3.63, 3.8) is 0 Å². The summed E-state index contributed by atoms with van der Waals surface area (Å²) in [5, 5.41) is 2.50. The molecule has 27 heavy (non-hydrogen) atoms. The molecule has 0 spiro atoms. The van der Waals surface area contributed by atoms with Crippen molar-refractivity contribution in [3.05, 3.63) is 54.1 Å². The Morgan fingerprint density at radius 1 is 1.11 bits per heavy atom. The van der Waals surface area contributed by atoms with E-state index in [1.807, 2.05) is 0 Å². The van der Waals surface area contributed by atoms with Gasteiger partial charge >= 0.3 is 13.0 Å². The molecule has 0 saturated carbocycles. The molecule has 0 unspecified atom stereocenters. The van der Waals surface area contributed by atoms with E-state index in [1.54, 1.807) is 6.07 Å². The molecule has 5 nitrogen and oxygen atoms in total. The Balaban J connectivity index is 0.00000364. The maximum Gasteiger partial charge on any atom is 0.573 e.